The lowest BCUT2D eigenvalue weighted by Gasteiger charge is -2.63. The van der Waals surface area contributed by atoms with Crippen LogP contribution in [0.4, 0.5) is 0 Å². The number of hydrogen-bond donors (Lipinski definition) is 2. The van der Waals surface area contributed by atoms with Gasteiger partial charge in [-0.05, 0) is 37.0 Å². The van der Waals surface area contributed by atoms with Crippen LogP contribution >= 0.6 is 0 Å². The largest absolute Gasteiger partial charge is 0.497 e. The molecule has 120 valence electrons. The highest BCUT2D eigenvalue weighted by Gasteiger charge is 2.66. The van der Waals surface area contributed by atoms with Gasteiger partial charge in [-0.3, -0.25) is 0 Å². The van der Waals surface area contributed by atoms with Crippen molar-refractivity contribution in [2.24, 2.45) is 11.3 Å². The molecule has 2 saturated carbocycles. The van der Waals surface area contributed by atoms with E-state index in [0.29, 0.717) is 30.0 Å². The molecule has 1 aromatic carbocycles. The Labute approximate surface area is 131 Å². The molecule has 0 amide bonds. The van der Waals surface area contributed by atoms with Crippen molar-refractivity contribution in [3.63, 3.8) is 0 Å². The van der Waals surface area contributed by atoms with Gasteiger partial charge in [0, 0.05) is 30.5 Å². The molecular weight excluding hydrogens is 278 g/mol. The molecule has 0 bridgehead atoms. The van der Waals surface area contributed by atoms with Crippen LogP contribution in [-0.4, -0.2) is 37.5 Å². The fraction of sp³-hybridized carbons (Fsp3) is 0.667. The summed E-state index contributed by atoms with van der Waals surface area (Å²) in [6, 6.07) is 8.22. The summed E-state index contributed by atoms with van der Waals surface area (Å²) in [6.45, 7) is 1.51. The Balaban J connectivity index is 1.39. The van der Waals surface area contributed by atoms with E-state index in [-0.39, 0.29) is 0 Å². The molecule has 4 heteroatoms. The number of fused-ring (bicyclic) bond motifs is 2. The zero-order valence-corrected chi connectivity index (χ0v) is 13.1. The topological polar surface area (TPSA) is 50.7 Å². The molecule has 2 N–H and O–H groups in total. The van der Waals surface area contributed by atoms with Crippen molar-refractivity contribution in [2.45, 2.75) is 43.9 Å². The maximum atomic E-state index is 10.5. The number of aliphatic hydroxyl groups excluding tert-OH is 1. The van der Waals surface area contributed by atoms with E-state index in [1.165, 1.54) is 25.7 Å². The average Bonchev–Trinajstić information content (AvgIpc) is 2.91. The monoisotopic (exact) mass is 303 g/mol. The molecule has 22 heavy (non-hydrogen) atoms. The van der Waals surface area contributed by atoms with Crippen molar-refractivity contribution in [3.05, 3.63) is 29.8 Å². The normalized spacial score (nSPS) is 32.9. The Morgan fingerprint density at radius 1 is 1.45 bits per heavy atom. The van der Waals surface area contributed by atoms with Gasteiger partial charge in [0.2, 0.25) is 0 Å². The molecule has 0 radical (unpaired) electrons. The van der Waals surface area contributed by atoms with Crippen LogP contribution in [0.5, 0.6) is 5.75 Å². The van der Waals surface area contributed by atoms with Crippen LogP contribution in [0, 0.1) is 11.3 Å². The Morgan fingerprint density at radius 2 is 2.32 bits per heavy atom. The summed E-state index contributed by atoms with van der Waals surface area (Å²) in [4.78, 5) is 0. The van der Waals surface area contributed by atoms with Crippen LogP contribution in [0.15, 0.2) is 24.3 Å². The molecule has 1 aromatic rings. The highest BCUT2D eigenvalue weighted by Crippen LogP contribution is 2.62. The van der Waals surface area contributed by atoms with Crippen molar-refractivity contribution in [1.29, 1.82) is 0 Å². The Bertz CT molecular complexity index is 543. The molecule has 4 atom stereocenters. The van der Waals surface area contributed by atoms with Gasteiger partial charge in [0.05, 0.1) is 19.3 Å². The third-order valence-electron chi connectivity index (χ3n) is 6.05. The van der Waals surface area contributed by atoms with Gasteiger partial charge in [-0.15, -0.1) is 0 Å². The predicted octanol–water partition coefficient (Wildman–Crippen LogP) is 2.28. The molecule has 1 aliphatic heterocycles. The number of methoxy groups -OCH3 is 1. The first-order valence-corrected chi connectivity index (χ1v) is 8.41. The van der Waals surface area contributed by atoms with E-state index >= 15 is 0 Å². The lowest BCUT2D eigenvalue weighted by Crippen LogP contribution is -2.71. The van der Waals surface area contributed by atoms with Gasteiger partial charge in [-0.1, -0.05) is 18.6 Å². The summed E-state index contributed by atoms with van der Waals surface area (Å²) in [5, 5.41) is 14.1. The second-order valence-corrected chi connectivity index (χ2v) is 7.01. The molecule has 4 nitrogen and oxygen atoms in total. The maximum absolute atomic E-state index is 10.5. The quantitative estimate of drug-likeness (QED) is 0.876. The fourth-order valence-corrected chi connectivity index (χ4v) is 4.77. The van der Waals surface area contributed by atoms with E-state index in [1.54, 1.807) is 7.11 Å². The van der Waals surface area contributed by atoms with Gasteiger partial charge in [-0.2, -0.15) is 0 Å². The summed E-state index contributed by atoms with van der Waals surface area (Å²) in [7, 11) is 1.65. The van der Waals surface area contributed by atoms with Gasteiger partial charge in [0.1, 0.15) is 5.75 Å². The number of hydrogen-bond acceptors (Lipinski definition) is 4. The number of benzene rings is 1. The Hall–Kier alpha value is -1.10. The van der Waals surface area contributed by atoms with E-state index in [4.69, 9.17) is 9.47 Å². The van der Waals surface area contributed by atoms with Crippen LogP contribution in [0.3, 0.4) is 0 Å². The summed E-state index contributed by atoms with van der Waals surface area (Å²) >= 11 is 0. The molecule has 0 aromatic heterocycles. The molecule has 1 spiro atoms. The first-order chi connectivity index (χ1) is 10.7. The summed E-state index contributed by atoms with van der Waals surface area (Å²) < 4.78 is 11.2. The standard InChI is InChI=1S/C18H25NO3/c1-21-13-5-2-4-12(10-13)15(20)11-19-16-14-6-9-22-17(14)18(16)7-3-8-18/h2,4-5,10,14-17,19-20H,3,6-9,11H2,1H3/t14-,15-,16-,17-/m1/s1. The highest BCUT2D eigenvalue weighted by atomic mass is 16.5. The van der Waals surface area contributed by atoms with Crippen molar-refractivity contribution in [2.75, 3.05) is 20.3 Å². The first-order valence-electron chi connectivity index (χ1n) is 8.41. The zero-order valence-electron chi connectivity index (χ0n) is 13.1. The highest BCUT2D eigenvalue weighted by molar-refractivity contribution is 5.30. The van der Waals surface area contributed by atoms with Gasteiger partial charge < -0.3 is 19.9 Å². The van der Waals surface area contributed by atoms with Crippen molar-refractivity contribution >= 4 is 0 Å². The maximum Gasteiger partial charge on any atom is 0.119 e. The number of aliphatic hydroxyl groups is 1. The Kier molecular flexibility index (Phi) is 3.63. The summed E-state index contributed by atoms with van der Waals surface area (Å²) in [5.41, 5.74) is 1.28. The second kappa shape index (κ2) is 5.52. The molecule has 4 rings (SSSR count). The second-order valence-electron chi connectivity index (χ2n) is 7.01. The smallest absolute Gasteiger partial charge is 0.119 e. The fourth-order valence-electron chi connectivity index (χ4n) is 4.77. The van der Waals surface area contributed by atoms with E-state index < -0.39 is 6.10 Å². The van der Waals surface area contributed by atoms with Crippen molar-refractivity contribution < 1.29 is 14.6 Å². The van der Waals surface area contributed by atoms with Crippen LogP contribution < -0.4 is 10.1 Å². The number of nitrogens with one attached hydrogen (secondary N) is 1. The van der Waals surface area contributed by atoms with Crippen LogP contribution in [-0.2, 0) is 4.74 Å². The molecular formula is C18H25NO3. The predicted molar refractivity (Wildman–Crippen MR) is 83.9 cm³/mol. The van der Waals surface area contributed by atoms with Crippen LogP contribution in [0.25, 0.3) is 0 Å². The molecule has 1 heterocycles. The molecule has 1 saturated heterocycles. The molecule has 3 fully saturated rings. The van der Waals surface area contributed by atoms with Crippen molar-refractivity contribution in [3.8, 4) is 5.75 Å². The minimum absolute atomic E-state index is 0.370. The van der Waals surface area contributed by atoms with E-state index in [1.807, 2.05) is 24.3 Å². The minimum Gasteiger partial charge on any atom is -0.497 e. The average molecular weight is 303 g/mol. The Morgan fingerprint density at radius 3 is 3.05 bits per heavy atom. The van der Waals surface area contributed by atoms with Gasteiger partial charge in [-0.25, -0.2) is 0 Å². The minimum atomic E-state index is -0.492. The summed E-state index contributed by atoms with van der Waals surface area (Å²) in [6.07, 6.45) is 5.03. The van der Waals surface area contributed by atoms with Gasteiger partial charge >= 0.3 is 0 Å². The van der Waals surface area contributed by atoms with Gasteiger partial charge in [0.25, 0.3) is 0 Å². The third kappa shape index (κ3) is 2.08. The SMILES string of the molecule is COc1cccc([C@H](O)CN[C@@H]2[C@H]3CCO[C@H]3C23CCC3)c1. The zero-order chi connectivity index (χ0) is 15.2. The molecule has 2 aliphatic carbocycles. The number of rotatable bonds is 5. The van der Waals surface area contributed by atoms with Crippen LogP contribution in [0.2, 0.25) is 0 Å². The molecule has 0 unspecified atom stereocenters. The number of ether oxygens (including phenoxy) is 2. The van der Waals surface area contributed by atoms with E-state index in [2.05, 4.69) is 5.32 Å². The molecule has 3 aliphatic rings. The summed E-state index contributed by atoms with van der Waals surface area (Å²) in [5.74, 6) is 1.44. The lowest BCUT2D eigenvalue weighted by atomic mass is 9.46. The third-order valence-corrected chi connectivity index (χ3v) is 6.05. The van der Waals surface area contributed by atoms with Gasteiger partial charge in [0.15, 0.2) is 0 Å². The van der Waals surface area contributed by atoms with Crippen molar-refractivity contribution in [1.82, 2.24) is 5.32 Å². The lowest BCUT2D eigenvalue weighted by molar-refractivity contribution is -0.177. The van der Waals surface area contributed by atoms with E-state index in [0.717, 1.165) is 17.9 Å². The van der Waals surface area contributed by atoms with Crippen LogP contribution in [0.1, 0.15) is 37.4 Å². The van der Waals surface area contributed by atoms with E-state index in [9.17, 15) is 5.11 Å². The first kappa shape index (κ1) is 14.5.